The molecule has 2 N–H and O–H groups in total. The predicted octanol–water partition coefficient (Wildman–Crippen LogP) is 3.80. The van der Waals surface area contributed by atoms with Crippen molar-refractivity contribution in [2.75, 3.05) is 18.2 Å². The van der Waals surface area contributed by atoms with Crippen LogP contribution in [0.1, 0.15) is 22.9 Å². The van der Waals surface area contributed by atoms with E-state index in [4.69, 9.17) is 21.2 Å². The highest BCUT2D eigenvalue weighted by molar-refractivity contribution is 8.00. The van der Waals surface area contributed by atoms with E-state index in [1.807, 2.05) is 60.7 Å². The summed E-state index contributed by atoms with van der Waals surface area (Å²) in [7, 11) is 1.27. The normalized spacial score (nSPS) is 18.3. The minimum absolute atomic E-state index is 0.0582. The number of carbonyl (C=O) groups is 4. The van der Waals surface area contributed by atoms with Crippen molar-refractivity contribution in [1.29, 1.82) is 0 Å². The molecule has 0 saturated carbocycles. The fourth-order valence-corrected chi connectivity index (χ4v) is 6.71. The number of hydrogen-bond acceptors (Lipinski definition) is 10. The van der Waals surface area contributed by atoms with Gasteiger partial charge in [0.15, 0.2) is 16.9 Å². The number of anilines is 1. The number of ether oxygens (including phenoxy) is 1. The number of aromatic nitrogens is 1. The highest BCUT2D eigenvalue weighted by atomic mass is 35.5. The topological polar surface area (TPSA) is 139 Å². The molecule has 0 bridgehead atoms. The molecule has 11 nitrogen and oxygen atoms in total. The number of rotatable bonds is 11. The van der Waals surface area contributed by atoms with Crippen molar-refractivity contribution in [1.82, 2.24) is 15.2 Å². The number of thioether (sulfide) groups is 1. The lowest BCUT2D eigenvalue weighted by atomic mass is 10.0. The zero-order valence-electron chi connectivity index (χ0n) is 22.5. The predicted molar refractivity (Wildman–Crippen MR) is 163 cm³/mol. The Hall–Kier alpha value is -4.46. The van der Waals surface area contributed by atoms with Gasteiger partial charge >= 0.3 is 5.97 Å². The molecule has 0 radical (unpaired) electrons. The first-order chi connectivity index (χ1) is 21.0. The third-order valence-electron chi connectivity index (χ3n) is 6.50. The summed E-state index contributed by atoms with van der Waals surface area (Å²) in [6.45, 7) is 0. The smallest absolute Gasteiger partial charge is 0.356 e. The highest BCUT2D eigenvalue weighted by Crippen LogP contribution is 2.42. The Balaban J connectivity index is 1.38. The van der Waals surface area contributed by atoms with E-state index in [-0.39, 0.29) is 22.2 Å². The number of nitrogens with zero attached hydrogens (tertiary/aromatic N) is 3. The van der Waals surface area contributed by atoms with Gasteiger partial charge in [-0.05, 0) is 22.8 Å². The number of benzene rings is 2. The van der Waals surface area contributed by atoms with Crippen LogP contribution in [0.5, 0.6) is 0 Å². The number of amides is 3. The van der Waals surface area contributed by atoms with Crippen LogP contribution in [0.15, 0.2) is 94.1 Å². The van der Waals surface area contributed by atoms with Crippen LogP contribution in [0.25, 0.3) is 0 Å². The molecule has 14 heteroatoms. The third-order valence-corrected chi connectivity index (χ3v) is 8.70. The summed E-state index contributed by atoms with van der Waals surface area (Å²) in [6.07, 6.45) is 1.29. The van der Waals surface area contributed by atoms with E-state index in [1.165, 1.54) is 34.7 Å². The zero-order chi connectivity index (χ0) is 30.3. The molecule has 2 aromatic carbocycles. The minimum atomic E-state index is -0.964. The SMILES string of the molecule is CON=C(C(=O)NC1C(=O)N2C(C(=O)OC(c3ccccc3)c3ccccc3)=C(/C=C/Cl)CS[C@H]12)c1csc(NC=O)n1. The molecule has 2 aliphatic rings. The standard InChI is InChI=1S/C29H24ClN5O6S2/c1-40-34-21(20-15-43-29(32-20)31-16-36)25(37)33-22-26(38)35-23(19(12-13-30)14-42-27(22)35)28(39)41-24(17-8-4-2-5-9-17)18-10-6-3-7-11-18/h2-13,15-16,22,24,27H,14H2,1H3,(H,33,37)(H,31,32,36)/b13-12+,34-21?/t22?,27-/m1/s1. The lowest BCUT2D eigenvalue weighted by Crippen LogP contribution is -2.71. The molecular weight excluding hydrogens is 614 g/mol. The Morgan fingerprint density at radius 2 is 1.81 bits per heavy atom. The molecule has 0 aliphatic carbocycles. The van der Waals surface area contributed by atoms with Gasteiger partial charge in [0.1, 0.15) is 29.9 Å². The van der Waals surface area contributed by atoms with E-state index >= 15 is 0 Å². The first-order valence-electron chi connectivity index (χ1n) is 12.8. The van der Waals surface area contributed by atoms with Crippen LogP contribution in [0, 0.1) is 0 Å². The quantitative estimate of drug-likeness (QED) is 0.106. The average Bonchev–Trinajstić information content (AvgIpc) is 3.50. The van der Waals surface area contributed by atoms with Crippen molar-refractivity contribution >= 4 is 69.7 Å². The van der Waals surface area contributed by atoms with Gasteiger partial charge in [0.05, 0.1) is 0 Å². The lowest BCUT2D eigenvalue weighted by molar-refractivity contribution is -0.154. The largest absolute Gasteiger partial charge is 0.448 e. The second-order valence-electron chi connectivity index (χ2n) is 9.06. The van der Waals surface area contributed by atoms with Crippen LogP contribution in [-0.2, 0) is 28.8 Å². The van der Waals surface area contributed by atoms with E-state index < -0.39 is 35.3 Å². The number of oxime groups is 1. The molecule has 2 atom stereocenters. The van der Waals surface area contributed by atoms with Crippen LogP contribution in [0.3, 0.4) is 0 Å². The van der Waals surface area contributed by atoms with Crippen molar-refractivity contribution in [3.05, 3.63) is 106 Å². The number of hydrogen-bond donors (Lipinski definition) is 2. The molecular formula is C29H24ClN5O6S2. The fourth-order valence-electron chi connectivity index (χ4n) is 4.59. The van der Waals surface area contributed by atoms with Gasteiger partial charge in [-0.25, -0.2) is 9.78 Å². The number of fused-ring (bicyclic) bond motifs is 1. The van der Waals surface area contributed by atoms with E-state index in [0.29, 0.717) is 17.7 Å². The maximum atomic E-state index is 13.8. The molecule has 5 rings (SSSR count). The van der Waals surface area contributed by atoms with Crippen LogP contribution >= 0.6 is 34.7 Å². The minimum Gasteiger partial charge on any atom is -0.448 e. The van der Waals surface area contributed by atoms with Crippen LogP contribution in [-0.4, -0.2) is 64.1 Å². The molecule has 3 heterocycles. The number of thiazole rings is 1. The van der Waals surface area contributed by atoms with Gasteiger partial charge in [-0.15, -0.1) is 23.1 Å². The van der Waals surface area contributed by atoms with Crippen LogP contribution in [0.2, 0.25) is 0 Å². The number of esters is 1. The molecule has 1 unspecified atom stereocenters. The van der Waals surface area contributed by atoms with Gasteiger partial charge < -0.3 is 20.2 Å². The number of allylic oxidation sites excluding steroid dienone is 1. The van der Waals surface area contributed by atoms with Crippen LogP contribution in [0.4, 0.5) is 5.13 Å². The summed E-state index contributed by atoms with van der Waals surface area (Å²) in [5, 5.41) is 10.0. The highest BCUT2D eigenvalue weighted by Gasteiger charge is 2.54. The average molecular weight is 638 g/mol. The second-order valence-corrected chi connectivity index (χ2v) is 11.3. The van der Waals surface area contributed by atoms with Gasteiger partial charge in [-0.2, -0.15) is 0 Å². The Kier molecular flexibility index (Phi) is 9.55. The lowest BCUT2D eigenvalue weighted by Gasteiger charge is -2.49. The summed E-state index contributed by atoms with van der Waals surface area (Å²) in [6, 6.07) is 17.6. The molecule has 0 spiro atoms. The molecule has 3 aromatic rings. The monoisotopic (exact) mass is 637 g/mol. The molecule has 3 amide bonds. The van der Waals surface area contributed by atoms with Crippen molar-refractivity contribution in [3.8, 4) is 0 Å². The van der Waals surface area contributed by atoms with E-state index in [2.05, 4.69) is 20.8 Å². The Labute approximate surface area is 259 Å². The number of carbonyl (C=O) groups excluding carboxylic acids is 4. The fraction of sp³-hybridized carbons (Fsp3) is 0.172. The number of nitrogens with one attached hydrogen (secondary N) is 2. The van der Waals surface area contributed by atoms with Crippen molar-refractivity contribution in [3.63, 3.8) is 0 Å². The second kappa shape index (κ2) is 13.7. The molecule has 2 aliphatic heterocycles. The molecule has 43 heavy (non-hydrogen) atoms. The van der Waals surface area contributed by atoms with Crippen molar-refractivity contribution in [2.24, 2.45) is 5.16 Å². The molecule has 220 valence electrons. The summed E-state index contributed by atoms with van der Waals surface area (Å²) in [5.41, 5.74) is 3.34. The first kappa shape index (κ1) is 30.0. The van der Waals surface area contributed by atoms with E-state index in [0.717, 1.165) is 22.5 Å². The summed E-state index contributed by atoms with van der Waals surface area (Å²) in [4.78, 5) is 61.6. The van der Waals surface area contributed by atoms with E-state index in [1.54, 1.807) is 6.08 Å². The van der Waals surface area contributed by atoms with Crippen LogP contribution < -0.4 is 10.6 Å². The molecule has 1 aromatic heterocycles. The summed E-state index contributed by atoms with van der Waals surface area (Å²) >= 11 is 8.34. The maximum absolute atomic E-state index is 13.8. The van der Waals surface area contributed by atoms with Gasteiger partial charge in [-0.3, -0.25) is 19.3 Å². The maximum Gasteiger partial charge on any atom is 0.356 e. The zero-order valence-corrected chi connectivity index (χ0v) is 24.9. The van der Waals surface area contributed by atoms with Gasteiger partial charge in [0.25, 0.3) is 11.8 Å². The molecule has 1 fully saturated rings. The Morgan fingerprint density at radius 3 is 2.42 bits per heavy atom. The summed E-state index contributed by atoms with van der Waals surface area (Å²) < 4.78 is 6.07. The number of halogens is 1. The van der Waals surface area contributed by atoms with Gasteiger partial charge in [-0.1, -0.05) is 77.4 Å². The first-order valence-corrected chi connectivity index (χ1v) is 15.2. The van der Waals surface area contributed by atoms with Gasteiger partial charge in [0.2, 0.25) is 6.41 Å². The van der Waals surface area contributed by atoms with Crippen molar-refractivity contribution < 1.29 is 28.8 Å². The Morgan fingerprint density at radius 1 is 1.14 bits per heavy atom. The third kappa shape index (κ3) is 6.33. The van der Waals surface area contributed by atoms with Gasteiger partial charge in [0, 0.05) is 16.7 Å². The summed E-state index contributed by atoms with van der Waals surface area (Å²) in [5.74, 6) is -1.59. The van der Waals surface area contributed by atoms with Crippen molar-refractivity contribution in [2.45, 2.75) is 17.5 Å². The number of β-lactam (4-membered cyclic amide) rings is 1. The Bertz CT molecular complexity index is 1570. The van der Waals surface area contributed by atoms with E-state index in [9.17, 15) is 19.2 Å². The molecule has 1 saturated heterocycles.